The van der Waals surface area contributed by atoms with Gasteiger partial charge in [0.2, 0.25) is 5.91 Å². The molecule has 2 saturated carbocycles. The number of carbonyl (C=O) groups excluding carboxylic acids is 3. The van der Waals surface area contributed by atoms with Crippen molar-refractivity contribution >= 4 is 23.4 Å². The van der Waals surface area contributed by atoms with Crippen LogP contribution in [0.1, 0.15) is 56.1 Å². The van der Waals surface area contributed by atoms with Crippen LogP contribution in [0.3, 0.4) is 0 Å². The number of aliphatic imine (C=N–C) groups is 1. The maximum atomic E-state index is 13.4. The molecule has 7 rings (SSSR count). The largest absolute Gasteiger partial charge is 0.508 e. The predicted molar refractivity (Wildman–Crippen MR) is 137 cm³/mol. The minimum absolute atomic E-state index is 0.0633. The molecule has 5 atom stereocenters. The lowest BCUT2D eigenvalue weighted by atomic mass is 9.50. The van der Waals surface area contributed by atoms with E-state index in [9.17, 15) is 19.5 Å². The number of piperidine rings is 1. The van der Waals surface area contributed by atoms with E-state index >= 15 is 0 Å². The third kappa shape index (κ3) is 3.59. The van der Waals surface area contributed by atoms with E-state index in [1.165, 1.54) is 28.9 Å². The van der Waals surface area contributed by atoms with E-state index < -0.39 is 23.8 Å². The fraction of sp³-hybridized carbons (Fsp3) is 0.586. The van der Waals surface area contributed by atoms with E-state index in [4.69, 9.17) is 5.73 Å². The van der Waals surface area contributed by atoms with Gasteiger partial charge in [-0.3, -0.25) is 19.3 Å². The number of aromatic hydroxyl groups is 1. The maximum Gasteiger partial charge on any atom is 0.282 e. The molecule has 1 aromatic carbocycles. The monoisotopic (exact) mass is 502 g/mol. The Balaban J connectivity index is 1.24. The topological polar surface area (TPSA) is 116 Å². The van der Waals surface area contributed by atoms with Crippen LogP contribution in [0.4, 0.5) is 0 Å². The first kappa shape index (κ1) is 23.1. The second-order valence-electron chi connectivity index (χ2n) is 12.1. The van der Waals surface area contributed by atoms with Gasteiger partial charge in [0.1, 0.15) is 17.4 Å². The van der Waals surface area contributed by atoms with Gasteiger partial charge in [0.05, 0.1) is 0 Å². The number of primary amides is 1. The van der Waals surface area contributed by atoms with Gasteiger partial charge in [0, 0.05) is 36.2 Å². The van der Waals surface area contributed by atoms with Crippen LogP contribution in [0.25, 0.3) is 0 Å². The van der Waals surface area contributed by atoms with Crippen LogP contribution >= 0.6 is 0 Å². The number of hydrogen-bond donors (Lipinski definition) is 2. The summed E-state index contributed by atoms with van der Waals surface area (Å²) < 4.78 is 0. The number of hydrogen-bond acceptors (Lipinski definition) is 5. The van der Waals surface area contributed by atoms with Crippen LogP contribution in [0.2, 0.25) is 0 Å². The summed E-state index contributed by atoms with van der Waals surface area (Å²) in [5.74, 6) is -0.0387. The van der Waals surface area contributed by atoms with E-state index in [1.54, 1.807) is 6.07 Å². The van der Waals surface area contributed by atoms with Crippen molar-refractivity contribution in [1.82, 2.24) is 9.80 Å². The van der Waals surface area contributed by atoms with Gasteiger partial charge < -0.3 is 15.7 Å². The zero-order chi connectivity index (χ0) is 25.5. The zero-order valence-electron chi connectivity index (χ0n) is 21.1. The Hall–Kier alpha value is -3.00. The van der Waals surface area contributed by atoms with Crippen LogP contribution in [0.5, 0.6) is 5.75 Å². The smallest absolute Gasteiger partial charge is 0.282 e. The van der Waals surface area contributed by atoms with Gasteiger partial charge in [-0.15, -0.1) is 0 Å². The van der Waals surface area contributed by atoms with Gasteiger partial charge in [-0.1, -0.05) is 12.1 Å². The number of benzene rings is 1. The molecule has 1 unspecified atom stereocenters. The Labute approximate surface area is 216 Å². The second kappa shape index (κ2) is 8.25. The van der Waals surface area contributed by atoms with E-state index in [0.717, 1.165) is 44.0 Å². The Kier molecular flexibility index (Phi) is 5.16. The van der Waals surface area contributed by atoms with E-state index in [1.807, 2.05) is 12.1 Å². The van der Waals surface area contributed by atoms with E-state index in [-0.39, 0.29) is 22.7 Å². The molecule has 37 heavy (non-hydrogen) atoms. The predicted octanol–water partition coefficient (Wildman–Crippen LogP) is 2.08. The average molecular weight is 503 g/mol. The molecule has 8 heteroatoms. The SMILES string of the molecule is NC(=O)[C@@H]1CCCN1C(=O)C1=CC2C[C@H]3[C@H]4Cc5ccc(O)cc5[C@@]3(CCN4CC3CC3)CC2=NC1=O. The third-order valence-electron chi connectivity index (χ3n) is 10.1. The van der Waals surface area contributed by atoms with Crippen LogP contribution in [0.15, 0.2) is 34.8 Å². The minimum atomic E-state index is -0.654. The molecule has 1 aromatic rings. The lowest BCUT2D eigenvalue weighted by molar-refractivity contribution is -0.135. The van der Waals surface area contributed by atoms with Gasteiger partial charge in [0.15, 0.2) is 0 Å². The molecular weight excluding hydrogens is 468 g/mol. The molecule has 2 saturated heterocycles. The first-order valence-electron chi connectivity index (χ1n) is 13.8. The summed E-state index contributed by atoms with van der Waals surface area (Å²) in [5.41, 5.74) is 8.86. The van der Waals surface area contributed by atoms with Crippen molar-refractivity contribution in [2.75, 3.05) is 19.6 Å². The van der Waals surface area contributed by atoms with E-state index in [0.29, 0.717) is 37.8 Å². The summed E-state index contributed by atoms with van der Waals surface area (Å²) in [6.45, 7) is 2.61. The summed E-state index contributed by atoms with van der Waals surface area (Å²) in [4.78, 5) is 47.1. The molecule has 6 aliphatic rings. The zero-order valence-corrected chi connectivity index (χ0v) is 21.1. The quantitative estimate of drug-likeness (QED) is 0.612. The number of fused-ring (bicyclic) bond motifs is 2. The normalized spacial score (nSPS) is 34.7. The van der Waals surface area contributed by atoms with Crippen molar-refractivity contribution in [2.24, 2.45) is 28.5 Å². The Morgan fingerprint density at radius 1 is 1.19 bits per heavy atom. The summed E-state index contributed by atoms with van der Waals surface area (Å²) in [6.07, 6.45) is 9.20. The molecule has 3 N–H and O–H groups in total. The van der Waals surface area contributed by atoms with Crippen molar-refractivity contribution < 1.29 is 19.5 Å². The number of allylic oxidation sites excluding steroid dienone is 1. The molecule has 3 aliphatic heterocycles. The lowest BCUT2D eigenvalue weighted by Gasteiger charge is -2.60. The van der Waals surface area contributed by atoms with Crippen LogP contribution in [-0.4, -0.2) is 70.1 Å². The van der Waals surface area contributed by atoms with Crippen LogP contribution < -0.4 is 5.73 Å². The maximum absolute atomic E-state index is 13.4. The van der Waals surface area contributed by atoms with Crippen molar-refractivity contribution in [1.29, 1.82) is 0 Å². The molecular formula is C29H34N4O4. The fourth-order valence-corrected chi connectivity index (χ4v) is 8.15. The highest BCUT2D eigenvalue weighted by Gasteiger charge is 2.57. The first-order chi connectivity index (χ1) is 17.8. The number of amides is 3. The number of rotatable bonds is 4. The number of dihydropyridines is 1. The first-order valence-corrected chi connectivity index (χ1v) is 13.8. The van der Waals surface area contributed by atoms with Crippen molar-refractivity contribution in [2.45, 2.75) is 68.9 Å². The molecule has 3 amide bonds. The summed E-state index contributed by atoms with van der Waals surface area (Å²) in [7, 11) is 0. The number of likely N-dealkylation sites (tertiary alicyclic amines) is 2. The molecule has 2 bridgehead atoms. The molecule has 0 spiro atoms. The fourth-order valence-electron chi connectivity index (χ4n) is 8.15. The molecule has 194 valence electrons. The van der Waals surface area contributed by atoms with Crippen LogP contribution in [-0.2, 0) is 26.2 Å². The van der Waals surface area contributed by atoms with E-state index in [2.05, 4.69) is 16.0 Å². The molecule has 0 radical (unpaired) electrons. The Morgan fingerprint density at radius 3 is 2.81 bits per heavy atom. The van der Waals surface area contributed by atoms with Gasteiger partial charge in [-0.25, -0.2) is 4.99 Å². The highest BCUT2D eigenvalue weighted by molar-refractivity contribution is 6.23. The second-order valence-corrected chi connectivity index (χ2v) is 12.1. The lowest BCUT2D eigenvalue weighted by Crippen LogP contribution is -2.63. The van der Waals surface area contributed by atoms with Crippen molar-refractivity contribution in [3.63, 3.8) is 0 Å². The number of nitrogens with zero attached hydrogens (tertiary/aromatic N) is 3. The Morgan fingerprint density at radius 2 is 2.03 bits per heavy atom. The minimum Gasteiger partial charge on any atom is -0.508 e. The van der Waals surface area contributed by atoms with Gasteiger partial charge >= 0.3 is 0 Å². The molecule has 3 aliphatic carbocycles. The number of phenols is 1. The van der Waals surface area contributed by atoms with Crippen LogP contribution in [0, 0.1) is 17.8 Å². The van der Waals surface area contributed by atoms with Crippen molar-refractivity contribution in [3.05, 3.63) is 41.0 Å². The van der Waals surface area contributed by atoms with Crippen molar-refractivity contribution in [3.8, 4) is 5.75 Å². The highest BCUT2D eigenvalue weighted by Crippen LogP contribution is 2.57. The summed E-state index contributed by atoms with van der Waals surface area (Å²) in [6, 6.07) is 5.58. The van der Waals surface area contributed by atoms with Gasteiger partial charge in [-0.05, 0) is 93.0 Å². The highest BCUT2D eigenvalue weighted by atomic mass is 16.3. The number of nitrogens with two attached hydrogens (primary N) is 1. The molecule has 8 nitrogen and oxygen atoms in total. The number of carbonyl (C=O) groups is 3. The third-order valence-corrected chi connectivity index (χ3v) is 10.1. The standard InChI is InChI=1S/C29H34N4O4/c30-26(35)24-2-1-8-33(24)28(37)20-10-18-11-22-25-12-17-5-6-19(34)13-21(17)29(22,14-23(18)31-27(20)36)7-9-32(25)15-16-3-4-16/h5-6,10,13,16,18,22,24-25,34H,1-4,7-9,11-12,14-15H2,(H2,30,35)/t18?,22-,24-,25+,29+/m0/s1. The van der Waals surface area contributed by atoms with Gasteiger partial charge in [0.25, 0.3) is 11.8 Å². The molecule has 4 fully saturated rings. The summed E-state index contributed by atoms with van der Waals surface area (Å²) >= 11 is 0. The Bertz CT molecular complexity index is 1270. The van der Waals surface area contributed by atoms with Gasteiger partial charge in [-0.2, -0.15) is 0 Å². The molecule has 0 aromatic heterocycles. The molecule has 3 heterocycles. The summed E-state index contributed by atoms with van der Waals surface area (Å²) in [5, 5.41) is 10.4. The number of phenolic OH excluding ortho intramolecular Hbond substituents is 1. The average Bonchev–Trinajstić information content (AvgIpc) is 3.55.